The number of benzene rings is 2. The number of hydrogen-bond donors (Lipinski definition) is 1. The highest BCUT2D eigenvalue weighted by atomic mass is 32.2. The first-order chi connectivity index (χ1) is 12.3. The number of carbonyl (C=O) groups is 1. The number of nitrogens with one attached hydrogen (secondary N) is 1. The van der Waals surface area contributed by atoms with Gasteiger partial charge in [0.1, 0.15) is 6.10 Å². The summed E-state index contributed by atoms with van der Waals surface area (Å²) in [6, 6.07) is 20.4. The number of aromatic amines is 1. The number of carbonyl (C=O) groups excluding carboxylic acids is 1. The van der Waals surface area contributed by atoms with E-state index in [-0.39, 0.29) is 12.1 Å². The predicted molar refractivity (Wildman–Crippen MR) is 99.3 cm³/mol. The number of imidazole rings is 1. The van der Waals surface area contributed by atoms with Crippen molar-refractivity contribution in [1.82, 2.24) is 9.97 Å². The molecular weight excluding hydrogens is 332 g/mol. The van der Waals surface area contributed by atoms with Crippen molar-refractivity contribution in [2.24, 2.45) is 0 Å². The van der Waals surface area contributed by atoms with Crippen LogP contribution in [0.3, 0.4) is 0 Å². The van der Waals surface area contributed by atoms with Crippen LogP contribution >= 0.6 is 11.8 Å². The Kier molecular flexibility index (Phi) is 4.57. The molecule has 0 bridgehead atoms. The fourth-order valence-electron chi connectivity index (χ4n) is 2.91. The summed E-state index contributed by atoms with van der Waals surface area (Å²) in [5, 5.41) is 0.848. The molecule has 1 aromatic heterocycles. The molecule has 1 fully saturated rings. The summed E-state index contributed by atoms with van der Waals surface area (Å²) >= 11 is 1.60. The molecule has 0 spiro atoms. The van der Waals surface area contributed by atoms with Crippen molar-refractivity contribution in [2.45, 2.75) is 24.1 Å². The van der Waals surface area contributed by atoms with Crippen LogP contribution in [0.15, 0.2) is 65.8 Å². The molecule has 1 aliphatic rings. The van der Waals surface area contributed by atoms with Gasteiger partial charge in [-0.05, 0) is 6.42 Å². The van der Waals surface area contributed by atoms with E-state index < -0.39 is 0 Å². The van der Waals surface area contributed by atoms with Gasteiger partial charge < -0.3 is 9.72 Å². The van der Waals surface area contributed by atoms with Gasteiger partial charge in [0.15, 0.2) is 5.16 Å². The van der Waals surface area contributed by atoms with Crippen LogP contribution in [0, 0.1) is 0 Å². The highest BCUT2D eigenvalue weighted by molar-refractivity contribution is 7.99. The van der Waals surface area contributed by atoms with Gasteiger partial charge in [0.25, 0.3) is 0 Å². The molecule has 0 aliphatic carbocycles. The highest BCUT2D eigenvalue weighted by Crippen LogP contribution is 2.33. The Morgan fingerprint density at radius 3 is 2.36 bits per heavy atom. The van der Waals surface area contributed by atoms with Crippen molar-refractivity contribution >= 4 is 17.7 Å². The number of ether oxygens (including phenoxy) is 1. The second-order valence-corrected chi connectivity index (χ2v) is 6.97. The molecule has 1 atom stereocenters. The van der Waals surface area contributed by atoms with Gasteiger partial charge in [0.05, 0.1) is 11.4 Å². The molecule has 5 heteroatoms. The number of nitrogens with zero attached hydrogens (tertiary/aromatic N) is 1. The van der Waals surface area contributed by atoms with E-state index in [1.807, 2.05) is 36.4 Å². The lowest BCUT2D eigenvalue weighted by atomic mass is 10.1. The Labute approximate surface area is 150 Å². The summed E-state index contributed by atoms with van der Waals surface area (Å²) in [4.78, 5) is 19.5. The van der Waals surface area contributed by atoms with Crippen LogP contribution in [0.4, 0.5) is 0 Å². The first-order valence-corrected chi connectivity index (χ1v) is 9.31. The molecule has 25 heavy (non-hydrogen) atoms. The van der Waals surface area contributed by atoms with E-state index in [2.05, 4.69) is 29.2 Å². The number of esters is 1. The zero-order valence-electron chi connectivity index (χ0n) is 13.6. The van der Waals surface area contributed by atoms with Gasteiger partial charge >= 0.3 is 5.97 Å². The van der Waals surface area contributed by atoms with Gasteiger partial charge in [-0.3, -0.25) is 4.79 Å². The number of hydrogen-bond acceptors (Lipinski definition) is 4. The molecule has 0 amide bonds. The van der Waals surface area contributed by atoms with Gasteiger partial charge in [-0.2, -0.15) is 0 Å². The Morgan fingerprint density at radius 1 is 1.04 bits per heavy atom. The summed E-state index contributed by atoms with van der Waals surface area (Å²) in [6.07, 6.45) is 1.31. The molecule has 0 unspecified atom stereocenters. The smallest absolute Gasteiger partial charge is 0.306 e. The molecule has 126 valence electrons. The third kappa shape index (κ3) is 3.61. The van der Waals surface area contributed by atoms with Crippen molar-refractivity contribution in [2.75, 3.05) is 5.75 Å². The standard InChI is InChI=1S/C20H18N2O2S/c23-17-12-11-16(24-17)13-25-20-21-18(14-7-3-1-4-8-14)19(22-20)15-9-5-2-6-10-15/h1-10,16H,11-13H2,(H,21,22)/t16-/m0/s1. The van der Waals surface area contributed by atoms with Crippen LogP contribution < -0.4 is 0 Å². The van der Waals surface area contributed by atoms with Crippen molar-refractivity contribution < 1.29 is 9.53 Å². The third-order valence-corrected chi connectivity index (χ3v) is 5.17. The fraction of sp³-hybridized carbons (Fsp3) is 0.200. The minimum absolute atomic E-state index is 0.0112. The van der Waals surface area contributed by atoms with Crippen molar-refractivity contribution in [3.63, 3.8) is 0 Å². The molecular formula is C20H18N2O2S. The minimum atomic E-state index is -0.0972. The van der Waals surface area contributed by atoms with Crippen LogP contribution in [0.25, 0.3) is 22.5 Å². The largest absolute Gasteiger partial charge is 0.461 e. The van der Waals surface area contributed by atoms with Gasteiger partial charge in [-0.1, -0.05) is 72.4 Å². The maximum atomic E-state index is 11.2. The van der Waals surface area contributed by atoms with Crippen LogP contribution in [0.5, 0.6) is 0 Å². The first-order valence-electron chi connectivity index (χ1n) is 8.33. The SMILES string of the molecule is O=C1CC[C@@H](CSc2nc(-c3ccccc3)c(-c3ccccc3)[nH]2)O1. The number of H-pyrrole nitrogens is 1. The molecule has 4 nitrogen and oxygen atoms in total. The van der Waals surface area contributed by atoms with E-state index in [0.29, 0.717) is 6.42 Å². The zero-order chi connectivity index (χ0) is 17.1. The summed E-state index contributed by atoms with van der Waals surface area (Å²) < 4.78 is 5.29. The quantitative estimate of drug-likeness (QED) is 0.542. The Morgan fingerprint density at radius 2 is 1.72 bits per heavy atom. The zero-order valence-corrected chi connectivity index (χ0v) is 14.5. The number of rotatable bonds is 5. The summed E-state index contributed by atoms with van der Waals surface area (Å²) in [7, 11) is 0. The minimum Gasteiger partial charge on any atom is -0.461 e. The van der Waals surface area contributed by atoms with E-state index in [1.54, 1.807) is 11.8 Å². The van der Waals surface area contributed by atoms with Gasteiger partial charge in [0, 0.05) is 23.3 Å². The monoisotopic (exact) mass is 350 g/mol. The molecule has 0 radical (unpaired) electrons. The second-order valence-electron chi connectivity index (χ2n) is 5.96. The van der Waals surface area contributed by atoms with Crippen molar-refractivity contribution in [3.8, 4) is 22.5 Å². The molecule has 1 aliphatic heterocycles. The Hall–Kier alpha value is -2.53. The Balaban J connectivity index is 1.63. The van der Waals surface area contributed by atoms with E-state index in [1.165, 1.54) is 0 Å². The van der Waals surface area contributed by atoms with E-state index in [4.69, 9.17) is 9.72 Å². The molecule has 0 saturated carbocycles. The average molecular weight is 350 g/mol. The van der Waals surface area contributed by atoms with Crippen molar-refractivity contribution in [1.29, 1.82) is 0 Å². The van der Waals surface area contributed by atoms with E-state index >= 15 is 0 Å². The second kappa shape index (κ2) is 7.15. The van der Waals surface area contributed by atoms with Gasteiger partial charge in [-0.15, -0.1) is 0 Å². The van der Waals surface area contributed by atoms with Crippen LogP contribution in [0.2, 0.25) is 0 Å². The molecule has 1 N–H and O–H groups in total. The maximum Gasteiger partial charge on any atom is 0.306 e. The van der Waals surface area contributed by atoms with E-state index in [9.17, 15) is 4.79 Å². The lowest BCUT2D eigenvalue weighted by molar-refractivity contribution is -0.140. The third-order valence-electron chi connectivity index (χ3n) is 4.17. The van der Waals surface area contributed by atoms with Gasteiger partial charge in [0.2, 0.25) is 0 Å². The van der Waals surface area contributed by atoms with Crippen LogP contribution in [0.1, 0.15) is 12.8 Å². The summed E-state index contributed by atoms with van der Waals surface area (Å²) in [5.74, 6) is 0.627. The molecule has 4 rings (SSSR count). The highest BCUT2D eigenvalue weighted by Gasteiger charge is 2.24. The lowest BCUT2D eigenvalue weighted by Gasteiger charge is -2.06. The summed E-state index contributed by atoms with van der Waals surface area (Å²) in [5.41, 5.74) is 4.14. The lowest BCUT2D eigenvalue weighted by Crippen LogP contribution is -2.09. The molecule has 2 heterocycles. The average Bonchev–Trinajstić information content (AvgIpc) is 3.28. The Bertz CT molecular complexity index is 805. The normalized spacial score (nSPS) is 16.8. The first kappa shape index (κ1) is 16.0. The van der Waals surface area contributed by atoms with Gasteiger partial charge in [-0.25, -0.2) is 4.98 Å². The van der Waals surface area contributed by atoms with Crippen molar-refractivity contribution in [3.05, 3.63) is 60.7 Å². The maximum absolute atomic E-state index is 11.2. The molecule has 1 saturated heterocycles. The summed E-state index contributed by atoms with van der Waals surface area (Å²) in [6.45, 7) is 0. The molecule has 2 aromatic carbocycles. The fourth-order valence-corrected chi connectivity index (χ4v) is 3.82. The molecule has 3 aromatic rings. The topological polar surface area (TPSA) is 55.0 Å². The van der Waals surface area contributed by atoms with E-state index in [0.717, 1.165) is 39.8 Å². The number of cyclic esters (lactones) is 1. The van der Waals surface area contributed by atoms with Crippen LogP contribution in [-0.2, 0) is 9.53 Å². The number of thioether (sulfide) groups is 1. The van der Waals surface area contributed by atoms with Crippen LogP contribution in [-0.4, -0.2) is 27.8 Å². The predicted octanol–water partition coefficient (Wildman–Crippen LogP) is 4.54. The number of aromatic nitrogens is 2.